The summed E-state index contributed by atoms with van der Waals surface area (Å²) in [5.74, 6) is 6.52. The van der Waals surface area contributed by atoms with Crippen LogP contribution in [0.3, 0.4) is 0 Å². The van der Waals surface area contributed by atoms with Crippen LogP contribution >= 0.6 is 0 Å². The lowest BCUT2D eigenvalue weighted by molar-refractivity contribution is 0.265. The van der Waals surface area contributed by atoms with Gasteiger partial charge in [-0.05, 0) is 12.8 Å². The van der Waals surface area contributed by atoms with Gasteiger partial charge >= 0.3 is 0 Å². The van der Waals surface area contributed by atoms with Gasteiger partial charge in [0.25, 0.3) is 0 Å². The predicted octanol–water partition coefficient (Wildman–Crippen LogP) is -0.840. The fraction of sp³-hybridized carbons (Fsp3) is 0.667. The second-order valence-electron chi connectivity index (χ2n) is 4.38. The van der Waals surface area contributed by atoms with Crippen molar-refractivity contribution in [3.8, 4) is 0 Å². The number of rotatable bonds is 5. The minimum absolute atomic E-state index is 0.0708. The molecule has 8 nitrogen and oxygen atoms in total. The van der Waals surface area contributed by atoms with E-state index in [2.05, 4.69) is 25.7 Å². The average molecular weight is 239 g/mol. The first-order chi connectivity index (χ1) is 8.08. The van der Waals surface area contributed by atoms with Crippen LogP contribution in [0.15, 0.2) is 0 Å². The molecule has 2 rings (SSSR count). The molecule has 0 aromatic carbocycles. The zero-order valence-electron chi connectivity index (χ0n) is 9.93. The number of nitrogens with one attached hydrogen (secondary N) is 2. The summed E-state index contributed by atoms with van der Waals surface area (Å²) >= 11 is 0. The van der Waals surface area contributed by atoms with E-state index in [1.807, 2.05) is 14.1 Å². The van der Waals surface area contributed by atoms with Crippen molar-refractivity contribution in [2.75, 3.05) is 36.3 Å². The van der Waals surface area contributed by atoms with Crippen molar-refractivity contribution in [3.05, 3.63) is 0 Å². The summed E-state index contributed by atoms with van der Waals surface area (Å²) in [7, 11) is 3.66. The molecule has 1 aromatic rings. The molecule has 0 bridgehead atoms. The molecule has 94 valence electrons. The Balaban J connectivity index is 2.23. The lowest BCUT2D eigenvalue weighted by Crippen LogP contribution is -2.28. The summed E-state index contributed by atoms with van der Waals surface area (Å²) in [4.78, 5) is 14.2. The van der Waals surface area contributed by atoms with E-state index >= 15 is 0 Å². The zero-order chi connectivity index (χ0) is 12.5. The van der Waals surface area contributed by atoms with Crippen LogP contribution in [0.4, 0.5) is 17.8 Å². The van der Waals surface area contributed by atoms with Crippen LogP contribution in [0, 0.1) is 0 Å². The van der Waals surface area contributed by atoms with E-state index in [0.717, 1.165) is 12.8 Å². The summed E-state index contributed by atoms with van der Waals surface area (Å²) in [6.45, 7) is 0.0708. The Morgan fingerprint density at radius 3 is 2.41 bits per heavy atom. The van der Waals surface area contributed by atoms with Crippen LogP contribution in [0.25, 0.3) is 0 Å². The molecule has 0 saturated heterocycles. The van der Waals surface area contributed by atoms with Gasteiger partial charge in [-0.25, -0.2) is 5.84 Å². The van der Waals surface area contributed by atoms with Crippen molar-refractivity contribution < 1.29 is 5.11 Å². The van der Waals surface area contributed by atoms with Gasteiger partial charge in [0.05, 0.1) is 12.1 Å². The quantitative estimate of drug-likeness (QED) is 0.389. The second kappa shape index (κ2) is 4.30. The maximum Gasteiger partial charge on any atom is 0.243 e. The molecular formula is C9H17N7O. The van der Waals surface area contributed by atoms with Crippen molar-refractivity contribution in [3.63, 3.8) is 0 Å². The van der Waals surface area contributed by atoms with Gasteiger partial charge < -0.3 is 15.3 Å². The van der Waals surface area contributed by atoms with E-state index in [1.54, 1.807) is 4.90 Å². The number of aliphatic hydroxyl groups is 1. The minimum Gasteiger partial charge on any atom is -0.394 e. The van der Waals surface area contributed by atoms with Gasteiger partial charge in [-0.2, -0.15) is 15.0 Å². The first kappa shape index (κ1) is 11.8. The molecule has 0 spiro atoms. The fourth-order valence-corrected chi connectivity index (χ4v) is 1.40. The highest BCUT2D eigenvalue weighted by molar-refractivity contribution is 5.44. The van der Waals surface area contributed by atoms with E-state index in [4.69, 9.17) is 5.84 Å². The lowest BCUT2D eigenvalue weighted by atomic mass is 10.3. The summed E-state index contributed by atoms with van der Waals surface area (Å²) in [5, 5.41) is 12.4. The van der Waals surface area contributed by atoms with Crippen LogP contribution in [-0.2, 0) is 0 Å². The van der Waals surface area contributed by atoms with E-state index < -0.39 is 0 Å². The Kier molecular flexibility index (Phi) is 2.99. The molecular weight excluding hydrogens is 222 g/mol. The minimum atomic E-state index is -0.267. The van der Waals surface area contributed by atoms with E-state index in [-0.39, 0.29) is 12.1 Å². The van der Waals surface area contributed by atoms with E-state index in [0.29, 0.717) is 17.8 Å². The standard InChI is InChI=1S/C9H17N7O/c1-16(2)8-12-6(11-7(13-8)15-10)14-9(5-17)3-4-9/h17H,3-5,10H2,1-2H3,(H2,11,12,13,14,15). The van der Waals surface area contributed by atoms with Crippen LogP contribution < -0.4 is 21.5 Å². The Morgan fingerprint density at radius 1 is 1.29 bits per heavy atom. The summed E-state index contributed by atoms with van der Waals surface area (Å²) in [6, 6.07) is 0. The van der Waals surface area contributed by atoms with Crippen molar-refractivity contribution >= 4 is 17.8 Å². The average Bonchev–Trinajstić information content (AvgIpc) is 3.09. The van der Waals surface area contributed by atoms with Gasteiger partial charge in [0.1, 0.15) is 0 Å². The molecule has 1 aliphatic rings. The first-order valence-corrected chi connectivity index (χ1v) is 5.38. The number of nitrogens with zero attached hydrogens (tertiary/aromatic N) is 4. The highest BCUT2D eigenvalue weighted by Gasteiger charge is 2.42. The van der Waals surface area contributed by atoms with Gasteiger partial charge in [0.2, 0.25) is 17.8 Å². The third-order valence-corrected chi connectivity index (χ3v) is 2.69. The number of nitrogens with two attached hydrogens (primary N) is 1. The molecule has 1 aromatic heterocycles. The third-order valence-electron chi connectivity index (χ3n) is 2.69. The molecule has 0 amide bonds. The second-order valence-corrected chi connectivity index (χ2v) is 4.38. The van der Waals surface area contributed by atoms with Crippen molar-refractivity contribution in [2.24, 2.45) is 5.84 Å². The van der Waals surface area contributed by atoms with Gasteiger partial charge in [-0.1, -0.05) is 0 Å². The Hall–Kier alpha value is -1.67. The van der Waals surface area contributed by atoms with Crippen molar-refractivity contribution in [1.29, 1.82) is 0 Å². The molecule has 0 atom stereocenters. The number of hydrogen-bond donors (Lipinski definition) is 4. The van der Waals surface area contributed by atoms with Crippen LogP contribution in [0.5, 0.6) is 0 Å². The highest BCUT2D eigenvalue weighted by Crippen LogP contribution is 2.37. The van der Waals surface area contributed by atoms with E-state index in [1.165, 1.54) is 0 Å². The number of hydrazine groups is 1. The summed E-state index contributed by atoms with van der Waals surface area (Å²) in [6.07, 6.45) is 1.83. The smallest absolute Gasteiger partial charge is 0.243 e. The molecule has 0 unspecified atom stereocenters. The molecule has 1 fully saturated rings. The monoisotopic (exact) mass is 239 g/mol. The largest absolute Gasteiger partial charge is 0.394 e. The van der Waals surface area contributed by atoms with Crippen molar-refractivity contribution in [2.45, 2.75) is 18.4 Å². The molecule has 0 aliphatic heterocycles. The molecule has 0 radical (unpaired) electrons. The number of hydrogen-bond acceptors (Lipinski definition) is 8. The van der Waals surface area contributed by atoms with Crippen LogP contribution in [0.1, 0.15) is 12.8 Å². The van der Waals surface area contributed by atoms with Gasteiger partial charge in [0.15, 0.2) is 0 Å². The van der Waals surface area contributed by atoms with Gasteiger partial charge in [-0.15, -0.1) is 0 Å². The maximum atomic E-state index is 9.24. The number of nitrogen functional groups attached to an aromatic ring is 1. The predicted molar refractivity (Wildman–Crippen MR) is 64.6 cm³/mol. The molecule has 1 saturated carbocycles. The van der Waals surface area contributed by atoms with Crippen molar-refractivity contribution in [1.82, 2.24) is 15.0 Å². The SMILES string of the molecule is CN(C)c1nc(NN)nc(NC2(CO)CC2)n1. The maximum absolute atomic E-state index is 9.24. The molecule has 17 heavy (non-hydrogen) atoms. The van der Waals surface area contributed by atoms with Gasteiger partial charge in [0, 0.05) is 14.1 Å². The van der Waals surface area contributed by atoms with Crippen LogP contribution in [-0.4, -0.2) is 46.3 Å². The first-order valence-electron chi connectivity index (χ1n) is 5.38. The summed E-state index contributed by atoms with van der Waals surface area (Å²) < 4.78 is 0. The number of anilines is 3. The summed E-state index contributed by atoms with van der Waals surface area (Å²) in [5.41, 5.74) is 2.13. The fourth-order valence-electron chi connectivity index (χ4n) is 1.40. The lowest BCUT2D eigenvalue weighted by Gasteiger charge is -2.17. The zero-order valence-corrected chi connectivity index (χ0v) is 9.93. The Morgan fingerprint density at radius 2 is 1.94 bits per heavy atom. The molecule has 5 N–H and O–H groups in total. The molecule has 1 heterocycles. The topological polar surface area (TPSA) is 112 Å². The highest BCUT2D eigenvalue weighted by atomic mass is 16.3. The third kappa shape index (κ3) is 2.53. The van der Waals surface area contributed by atoms with Gasteiger partial charge in [-0.3, -0.25) is 5.43 Å². The molecule has 1 aliphatic carbocycles. The number of aliphatic hydroxyl groups excluding tert-OH is 1. The normalized spacial score (nSPS) is 16.5. The molecule has 8 heteroatoms. The Bertz CT molecular complexity index is 404. The van der Waals surface area contributed by atoms with Crippen LogP contribution in [0.2, 0.25) is 0 Å². The number of aromatic nitrogens is 3. The Labute approximate surface area is 99.2 Å². The van der Waals surface area contributed by atoms with E-state index in [9.17, 15) is 5.11 Å².